The maximum absolute atomic E-state index is 12.9. The summed E-state index contributed by atoms with van der Waals surface area (Å²) < 4.78 is 0. The highest BCUT2D eigenvalue weighted by Crippen LogP contribution is 2.04. The fourth-order valence-electron chi connectivity index (χ4n) is 4.01. The number of carboxylic acid groups (broad SMARTS) is 2. The summed E-state index contributed by atoms with van der Waals surface area (Å²) in [4.78, 5) is 120. The Morgan fingerprint density at radius 3 is 1.63 bits per heavy atom. The first-order valence-corrected chi connectivity index (χ1v) is 15.5. The summed E-state index contributed by atoms with van der Waals surface area (Å²) in [5.74, 6) is -9.47. The molecule has 51 heavy (non-hydrogen) atoms. The van der Waals surface area contributed by atoms with E-state index in [0.717, 1.165) is 0 Å². The van der Waals surface area contributed by atoms with Crippen molar-refractivity contribution in [2.75, 3.05) is 26.2 Å². The minimum atomic E-state index is -1.52. The second kappa shape index (κ2) is 22.5. The topological polar surface area (TPSA) is 347 Å². The molecule has 0 aliphatic carbocycles. The number of rotatable bonds is 23. The number of hydrogen-bond acceptors (Lipinski definition) is 11. The van der Waals surface area contributed by atoms with Gasteiger partial charge < -0.3 is 58.9 Å². The first-order chi connectivity index (χ1) is 24.0. The molecule has 0 heterocycles. The lowest BCUT2D eigenvalue weighted by Gasteiger charge is -2.20. The molecule has 13 N–H and O–H groups in total. The third-order valence-electron chi connectivity index (χ3n) is 6.79. The van der Waals surface area contributed by atoms with Gasteiger partial charge in [0.05, 0.1) is 38.6 Å². The van der Waals surface area contributed by atoms with E-state index in [9.17, 15) is 47.9 Å². The minimum Gasteiger partial charge on any atom is -0.481 e. The highest BCUT2D eigenvalue weighted by molar-refractivity contribution is 5.95. The van der Waals surface area contributed by atoms with Crippen molar-refractivity contribution in [2.45, 2.75) is 63.2 Å². The fourth-order valence-corrected chi connectivity index (χ4v) is 4.01. The van der Waals surface area contributed by atoms with Crippen molar-refractivity contribution in [1.82, 2.24) is 37.2 Å². The van der Waals surface area contributed by atoms with E-state index in [-0.39, 0.29) is 19.3 Å². The van der Waals surface area contributed by atoms with Crippen LogP contribution in [-0.2, 0) is 54.4 Å². The number of aliphatic carboxylic acids is 2. The molecule has 4 atom stereocenters. The normalized spacial score (nSPS) is 12.7. The molecule has 8 amide bonds. The van der Waals surface area contributed by atoms with Crippen molar-refractivity contribution in [3.63, 3.8) is 0 Å². The highest BCUT2D eigenvalue weighted by Gasteiger charge is 2.26. The van der Waals surface area contributed by atoms with E-state index in [2.05, 4.69) is 37.2 Å². The summed E-state index contributed by atoms with van der Waals surface area (Å²) in [5, 5.41) is 33.6. The summed E-state index contributed by atoms with van der Waals surface area (Å²) in [6.07, 6.45) is -1.28. The van der Waals surface area contributed by atoms with Gasteiger partial charge in [-0.3, -0.25) is 47.9 Å². The highest BCUT2D eigenvalue weighted by atomic mass is 16.4. The molecule has 0 spiro atoms. The Bertz CT molecular complexity index is 1440. The summed E-state index contributed by atoms with van der Waals surface area (Å²) in [5.41, 5.74) is 11.3. The first kappa shape index (κ1) is 42.9. The monoisotopic (exact) mass is 721 g/mol. The van der Waals surface area contributed by atoms with Gasteiger partial charge in [-0.2, -0.15) is 0 Å². The van der Waals surface area contributed by atoms with E-state index in [0.29, 0.717) is 5.56 Å². The summed E-state index contributed by atoms with van der Waals surface area (Å²) in [6.45, 7) is -0.945. The molecule has 280 valence electrons. The zero-order chi connectivity index (χ0) is 38.5. The fraction of sp³-hybridized carbons (Fsp3) is 0.467. The Morgan fingerprint density at radius 2 is 1.12 bits per heavy atom. The number of benzene rings is 1. The number of carboxylic acids is 2. The van der Waals surface area contributed by atoms with Crippen LogP contribution in [0.25, 0.3) is 0 Å². The second-order valence-electron chi connectivity index (χ2n) is 10.9. The molecule has 4 unspecified atom stereocenters. The van der Waals surface area contributed by atoms with Gasteiger partial charge in [0, 0.05) is 12.8 Å². The molecular formula is C30H43N9O12. The van der Waals surface area contributed by atoms with Crippen LogP contribution in [0.4, 0.5) is 0 Å². The largest absolute Gasteiger partial charge is 0.481 e. The number of primary amides is 1. The lowest BCUT2D eigenvalue weighted by molar-refractivity contribution is -0.140. The molecule has 0 bridgehead atoms. The molecule has 0 aliphatic rings. The Kier molecular flexibility index (Phi) is 18.9. The zero-order valence-corrected chi connectivity index (χ0v) is 27.7. The number of nitrogens with two attached hydrogens (primary N) is 2. The Morgan fingerprint density at radius 1 is 0.627 bits per heavy atom. The van der Waals surface area contributed by atoms with E-state index >= 15 is 0 Å². The van der Waals surface area contributed by atoms with Gasteiger partial charge in [-0.15, -0.1) is 0 Å². The molecule has 21 nitrogen and oxygen atoms in total. The number of carbonyl (C=O) groups is 10. The van der Waals surface area contributed by atoms with Crippen LogP contribution < -0.4 is 48.7 Å². The van der Waals surface area contributed by atoms with Crippen LogP contribution in [0.1, 0.15) is 38.2 Å². The Hall–Kier alpha value is -6.12. The molecule has 0 saturated carbocycles. The van der Waals surface area contributed by atoms with Gasteiger partial charge >= 0.3 is 11.9 Å². The maximum atomic E-state index is 12.9. The standard InChI is InChI=1S/C30H43N9O12/c1-2-17(31)28(49)39-18(8-9-25(44)45)29(50)35-13-22(41)33-12-21(40)34-14-23(42)38-20(10-16-6-4-3-5-7-16)30(51)36-15-24(43)37-19(27(32)48)11-26(46)47/h3-7,17-20H,2,8-15,31H2,1H3,(H2,32,48)(H,33,41)(H,34,40)(H,35,50)(H,36,51)(H,37,43)(H,38,42)(H,39,49)(H,44,45)(H,46,47). The van der Waals surface area contributed by atoms with Gasteiger partial charge in [-0.1, -0.05) is 37.3 Å². The predicted octanol–water partition coefficient (Wildman–Crippen LogP) is -5.29. The molecule has 0 aromatic heterocycles. The molecule has 0 radical (unpaired) electrons. The smallest absolute Gasteiger partial charge is 0.305 e. The van der Waals surface area contributed by atoms with Gasteiger partial charge in [0.15, 0.2) is 0 Å². The number of nitrogens with one attached hydrogen (secondary N) is 7. The van der Waals surface area contributed by atoms with E-state index < -0.39 is 122 Å². The summed E-state index contributed by atoms with van der Waals surface area (Å²) in [7, 11) is 0. The third-order valence-corrected chi connectivity index (χ3v) is 6.79. The van der Waals surface area contributed by atoms with Crippen LogP contribution in [0.5, 0.6) is 0 Å². The van der Waals surface area contributed by atoms with Crippen LogP contribution >= 0.6 is 0 Å². The summed E-state index contributed by atoms with van der Waals surface area (Å²) in [6, 6.07) is 3.44. The zero-order valence-electron chi connectivity index (χ0n) is 27.7. The maximum Gasteiger partial charge on any atom is 0.305 e. The lowest BCUT2D eigenvalue weighted by Crippen LogP contribution is -2.54. The first-order valence-electron chi connectivity index (χ1n) is 15.5. The molecule has 1 aromatic carbocycles. The van der Waals surface area contributed by atoms with E-state index in [4.69, 9.17) is 21.7 Å². The van der Waals surface area contributed by atoms with E-state index in [1.807, 2.05) is 0 Å². The number of hydrogen-bond donors (Lipinski definition) is 11. The van der Waals surface area contributed by atoms with E-state index in [1.165, 1.54) is 0 Å². The lowest BCUT2D eigenvalue weighted by atomic mass is 10.1. The third kappa shape index (κ3) is 18.3. The molecular weight excluding hydrogens is 678 g/mol. The molecule has 1 rings (SSSR count). The quantitative estimate of drug-likeness (QED) is 0.0504. The van der Waals surface area contributed by atoms with Crippen molar-refractivity contribution < 1.29 is 58.2 Å². The van der Waals surface area contributed by atoms with Crippen molar-refractivity contribution in [3.8, 4) is 0 Å². The minimum absolute atomic E-state index is 0.0368. The van der Waals surface area contributed by atoms with Gasteiger partial charge in [0.1, 0.15) is 18.1 Å². The average molecular weight is 722 g/mol. The number of carbonyl (C=O) groups excluding carboxylic acids is 8. The Balaban J connectivity index is 2.66. The van der Waals surface area contributed by atoms with Gasteiger partial charge in [-0.25, -0.2) is 0 Å². The molecule has 21 heteroatoms. The SMILES string of the molecule is CCC(N)C(=O)NC(CCC(=O)O)C(=O)NCC(=O)NCC(=O)NCC(=O)NC(Cc1ccccc1)C(=O)NCC(=O)NC(CC(=O)O)C(N)=O. The molecule has 0 fully saturated rings. The second-order valence-corrected chi connectivity index (χ2v) is 10.9. The van der Waals surface area contributed by atoms with Crippen molar-refractivity contribution in [3.05, 3.63) is 35.9 Å². The van der Waals surface area contributed by atoms with Crippen molar-refractivity contribution in [1.29, 1.82) is 0 Å². The molecule has 0 aliphatic heterocycles. The Labute approximate surface area is 291 Å². The summed E-state index contributed by atoms with van der Waals surface area (Å²) >= 11 is 0. The predicted molar refractivity (Wildman–Crippen MR) is 175 cm³/mol. The van der Waals surface area contributed by atoms with Gasteiger partial charge in [0.2, 0.25) is 47.3 Å². The van der Waals surface area contributed by atoms with Crippen LogP contribution in [0.15, 0.2) is 30.3 Å². The van der Waals surface area contributed by atoms with Gasteiger partial charge in [0.25, 0.3) is 0 Å². The number of amides is 8. The van der Waals surface area contributed by atoms with Crippen molar-refractivity contribution in [2.24, 2.45) is 11.5 Å². The van der Waals surface area contributed by atoms with Crippen LogP contribution in [0.2, 0.25) is 0 Å². The van der Waals surface area contributed by atoms with Crippen molar-refractivity contribution >= 4 is 59.2 Å². The van der Waals surface area contributed by atoms with Crippen LogP contribution in [0, 0.1) is 0 Å². The van der Waals surface area contributed by atoms with E-state index in [1.54, 1.807) is 37.3 Å². The molecule has 1 aromatic rings. The average Bonchev–Trinajstić information content (AvgIpc) is 3.08. The molecule has 0 saturated heterocycles. The van der Waals surface area contributed by atoms with Crippen LogP contribution in [0.3, 0.4) is 0 Å². The van der Waals surface area contributed by atoms with Crippen LogP contribution in [-0.4, -0.2) is 120 Å². The van der Waals surface area contributed by atoms with Gasteiger partial charge in [-0.05, 0) is 18.4 Å².